The average Bonchev–Trinajstić information content (AvgIpc) is 2.81. The molecule has 3 aromatic carbocycles. The van der Waals surface area contributed by atoms with Crippen molar-refractivity contribution in [1.29, 1.82) is 0 Å². The summed E-state index contributed by atoms with van der Waals surface area (Å²) in [5, 5.41) is 79.5. The predicted molar refractivity (Wildman–Crippen MR) is 123 cm³/mol. The molecule has 3 aromatic rings. The number of carboxylic acids is 2. The topological polar surface area (TPSA) is 226 Å². The minimum Gasteiger partial charge on any atom is -0.508 e. The number of phenolic OH excluding ortho intramolecular Hbond substituents is 4. The van der Waals surface area contributed by atoms with Crippen molar-refractivity contribution in [3.05, 3.63) is 64.2 Å². The van der Waals surface area contributed by atoms with Crippen molar-refractivity contribution in [3.63, 3.8) is 0 Å². The number of rotatable bonds is 10. The molecule has 3 rings (SSSR count). The van der Waals surface area contributed by atoms with Crippen molar-refractivity contribution in [2.24, 2.45) is 0 Å². The van der Waals surface area contributed by atoms with Crippen molar-refractivity contribution in [2.75, 3.05) is 0 Å². The van der Waals surface area contributed by atoms with Crippen LogP contribution in [-0.4, -0.2) is 64.2 Å². The fraction of sp³-hybridized carbons (Fsp3) is 0.125. The smallest absolute Gasteiger partial charge is 0.339 e. The molecule has 0 atom stereocenters. The Bertz CT molecular complexity index is 1310. The van der Waals surface area contributed by atoms with E-state index < -0.39 is 57.6 Å². The summed E-state index contributed by atoms with van der Waals surface area (Å²) in [6, 6.07) is 5.77. The van der Waals surface area contributed by atoms with Gasteiger partial charge in [-0.05, 0) is 30.3 Å². The number of hydrogen-bond donors (Lipinski definition) is 8. The van der Waals surface area contributed by atoms with Gasteiger partial charge in [0.1, 0.15) is 39.9 Å². The van der Waals surface area contributed by atoms with Crippen LogP contribution in [0.3, 0.4) is 0 Å². The van der Waals surface area contributed by atoms with Gasteiger partial charge in [0, 0.05) is 42.4 Å². The number of hydrogen-bond acceptors (Lipinski definition) is 11. The molecule has 0 unspecified atom stereocenters. The van der Waals surface area contributed by atoms with Gasteiger partial charge in [-0.15, -0.1) is 0 Å². The van der Waals surface area contributed by atoms with Gasteiger partial charge in [0.05, 0.1) is 0 Å². The highest BCUT2D eigenvalue weighted by Crippen LogP contribution is 2.36. The van der Waals surface area contributed by atoms with Gasteiger partial charge in [-0.3, -0.25) is 9.69 Å². The second-order valence-corrected chi connectivity index (χ2v) is 7.91. The van der Waals surface area contributed by atoms with Crippen LogP contribution in [0.5, 0.6) is 40.2 Å². The Morgan fingerprint density at radius 2 is 1.00 bits per heavy atom. The molecule has 13 nitrogen and oxygen atoms in total. The minimum atomic E-state index is -1.48. The van der Waals surface area contributed by atoms with Crippen LogP contribution < -0.4 is 4.74 Å². The Morgan fingerprint density at radius 3 is 1.38 bits per heavy atom. The third-order valence-corrected chi connectivity index (χ3v) is 5.37. The van der Waals surface area contributed by atoms with Crippen molar-refractivity contribution in [1.82, 2.24) is 4.90 Å². The molecule has 0 radical (unpaired) electrons. The second-order valence-electron chi connectivity index (χ2n) is 7.91. The molecule has 0 aliphatic rings. The van der Waals surface area contributed by atoms with E-state index in [4.69, 9.17) is 10.2 Å². The molecular weight excluding hydrogens is 494 g/mol. The Balaban J connectivity index is 2.03. The first-order valence-corrected chi connectivity index (χ1v) is 10.3. The summed E-state index contributed by atoms with van der Waals surface area (Å²) in [4.78, 5) is 34.5. The Morgan fingerprint density at radius 1 is 0.622 bits per heavy atom. The maximum atomic E-state index is 11.2. The molecule has 37 heavy (non-hydrogen) atoms. The fourth-order valence-corrected chi connectivity index (χ4v) is 3.60. The van der Waals surface area contributed by atoms with Crippen molar-refractivity contribution in [3.8, 4) is 40.2 Å². The Hall–Kier alpha value is -5.17. The lowest BCUT2D eigenvalue weighted by Gasteiger charge is -2.25. The lowest BCUT2D eigenvalue weighted by molar-refractivity contribution is -0.120. The Labute approximate surface area is 207 Å². The number of nitrogens with zero attached hydrogens (tertiary/aromatic N) is 1. The quantitative estimate of drug-likeness (QED) is 0.143. The first kappa shape index (κ1) is 26.4. The van der Waals surface area contributed by atoms with E-state index in [2.05, 4.69) is 4.74 Å². The molecule has 0 spiro atoms. The van der Waals surface area contributed by atoms with E-state index in [1.54, 1.807) is 0 Å². The van der Waals surface area contributed by atoms with Crippen LogP contribution in [0.15, 0.2) is 36.4 Å². The zero-order chi connectivity index (χ0) is 27.4. The third-order valence-electron chi connectivity index (χ3n) is 5.37. The molecule has 13 heteroatoms. The standard InChI is InChI=1S/C24H21NO12/c26-10-37-22-6-18(29)13(3-21(22)32)9-25(7-11-1-19(30)14(23(33)34)4-16(11)27)8-12-2-20(31)15(24(35)36)5-17(12)28/h1-6,10,27-32H,7-9H2,(H,33,34)(H,35,36). The summed E-state index contributed by atoms with van der Waals surface area (Å²) in [5.41, 5.74) is -0.927. The lowest BCUT2D eigenvalue weighted by Crippen LogP contribution is -2.23. The van der Waals surface area contributed by atoms with E-state index in [1.807, 2.05) is 0 Å². The summed E-state index contributed by atoms with van der Waals surface area (Å²) in [6.07, 6.45) is 0. The number of benzene rings is 3. The maximum absolute atomic E-state index is 11.2. The van der Waals surface area contributed by atoms with E-state index in [9.17, 15) is 45.0 Å². The van der Waals surface area contributed by atoms with Gasteiger partial charge >= 0.3 is 11.9 Å². The van der Waals surface area contributed by atoms with Gasteiger partial charge in [-0.1, -0.05) is 0 Å². The highest BCUT2D eigenvalue weighted by molar-refractivity contribution is 5.92. The fourth-order valence-electron chi connectivity index (χ4n) is 3.60. The van der Waals surface area contributed by atoms with Gasteiger partial charge in [-0.2, -0.15) is 0 Å². The van der Waals surface area contributed by atoms with Crippen LogP contribution in [0.1, 0.15) is 37.4 Å². The number of carbonyl (C=O) groups is 3. The van der Waals surface area contributed by atoms with Crippen LogP contribution in [0, 0.1) is 0 Å². The molecule has 0 saturated heterocycles. The van der Waals surface area contributed by atoms with Crippen LogP contribution in [-0.2, 0) is 24.4 Å². The summed E-state index contributed by atoms with van der Waals surface area (Å²) in [5.74, 6) is -6.42. The van der Waals surface area contributed by atoms with Crippen molar-refractivity contribution >= 4 is 18.4 Å². The van der Waals surface area contributed by atoms with Crippen molar-refractivity contribution < 1.29 is 60.0 Å². The highest BCUT2D eigenvalue weighted by atomic mass is 16.5. The van der Waals surface area contributed by atoms with Crippen LogP contribution in [0.2, 0.25) is 0 Å². The van der Waals surface area contributed by atoms with Gasteiger partial charge in [-0.25, -0.2) is 9.59 Å². The lowest BCUT2D eigenvalue weighted by atomic mass is 10.0. The van der Waals surface area contributed by atoms with E-state index in [1.165, 1.54) is 4.90 Å². The number of ether oxygens (including phenoxy) is 1. The zero-order valence-electron chi connectivity index (χ0n) is 18.8. The summed E-state index contributed by atoms with van der Waals surface area (Å²) in [6.45, 7) is -0.616. The normalized spacial score (nSPS) is 10.8. The van der Waals surface area contributed by atoms with Crippen LogP contribution in [0.25, 0.3) is 0 Å². The molecule has 0 aliphatic heterocycles. The van der Waals surface area contributed by atoms with Gasteiger partial charge in [0.25, 0.3) is 6.47 Å². The first-order valence-electron chi connectivity index (χ1n) is 10.3. The number of carboxylic acid groups (broad SMARTS) is 2. The second kappa shape index (κ2) is 10.6. The van der Waals surface area contributed by atoms with E-state index >= 15 is 0 Å². The largest absolute Gasteiger partial charge is 0.508 e. The zero-order valence-corrected chi connectivity index (χ0v) is 18.8. The van der Waals surface area contributed by atoms with Gasteiger partial charge in [0.15, 0.2) is 11.5 Å². The van der Waals surface area contributed by atoms with Gasteiger partial charge < -0.3 is 45.6 Å². The first-order chi connectivity index (χ1) is 17.4. The number of aromatic hydroxyl groups is 6. The SMILES string of the molecule is O=COc1cc(O)c(CN(Cc2cc(O)c(C(=O)O)cc2O)Cc2cc(O)c(C(=O)O)cc2O)cc1O. The van der Waals surface area contributed by atoms with E-state index in [0.29, 0.717) is 0 Å². The number of phenols is 6. The maximum Gasteiger partial charge on any atom is 0.339 e. The van der Waals surface area contributed by atoms with Crippen molar-refractivity contribution in [2.45, 2.75) is 19.6 Å². The molecule has 8 N–H and O–H groups in total. The van der Waals surface area contributed by atoms with Crippen LogP contribution >= 0.6 is 0 Å². The number of carbonyl (C=O) groups excluding carboxylic acids is 1. The molecular formula is C24H21NO12. The van der Waals surface area contributed by atoms with E-state index in [0.717, 1.165) is 36.4 Å². The molecule has 0 saturated carbocycles. The molecule has 194 valence electrons. The summed E-state index contributed by atoms with van der Waals surface area (Å²) >= 11 is 0. The summed E-state index contributed by atoms with van der Waals surface area (Å²) < 4.78 is 4.57. The Kier molecular flexibility index (Phi) is 7.59. The molecule has 0 heterocycles. The number of aromatic carboxylic acids is 2. The van der Waals surface area contributed by atoms with Gasteiger partial charge in [0.2, 0.25) is 0 Å². The molecule has 0 amide bonds. The average molecular weight is 515 g/mol. The highest BCUT2D eigenvalue weighted by Gasteiger charge is 2.21. The molecule has 0 bridgehead atoms. The molecule has 0 fully saturated rings. The van der Waals surface area contributed by atoms with Crippen LogP contribution in [0.4, 0.5) is 0 Å². The monoisotopic (exact) mass is 515 g/mol. The van der Waals surface area contributed by atoms with E-state index in [-0.39, 0.29) is 48.5 Å². The third kappa shape index (κ3) is 5.91. The molecule has 0 aromatic heterocycles. The minimum absolute atomic E-state index is 0.0398. The summed E-state index contributed by atoms with van der Waals surface area (Å²) in [7, 11) is 0. The predicted octanol–water partition coefficient (Wildman–Crippen LogP) is 2.05. The molecule has 0 aliphatic carbocycles.